The van der Waals surface area contributed by atoms with E-state index in [2.05, 4.69) is 9.55 Å². The Kier molecular flexibility index (Phi) is 13.2. The lowest BCUT2D eigenvalue weighted by Gasteiger charge is -2.21. The Morgan fingerprint density at radius 1 is 0.812 bits per heavy atom. The zero-order chi connectivity index (χ0) is 34.9. The van der Waals surface area contributed by atoms with Crippen LogP contribution in [0.4, 0.5) is 13.2 Å². The number of sulfonamides is 1. The lowest BCUT2D eigenvalue weighted by molar-refractivity contribution is -0.136. The Hall–Kier alpha value is -3.31. The highest BCUT2D eigenvalue weighted by Crippen LogP contribution is 2.39. The fourth-order valence-corrected chi connectivity index (χ4v) is 8.16. The number of hydrogen-bond donors (Lipinski definition) is 1. The molecule has 0 saturated heterocycles. The Morgan fingerprint density at radius 2 is 1.40 bits per heavy atom. The lowest BCUT2D eigenvalue weighted by Crippen LogP contribution is -2.32. The number of nitrogens with one attached hydrogen (secondary N) is 1. The van der Waals surface area contributed by atoms with Gasteiger partial charge in [-0.2, -0.15) is 17.5 Å². The highest BCUT2D eigenvalue weighted by molar-refractivity contribution is 7.89. The molecule has 0 aliphatic rings. The summed E-state index contributed by atoms with van der Waals surface area (Å²) in [6.07, 6.45) is 6.68. The molecule has 1 N–H and O–H groups in total. The highest BCUT2D eigenvalue weighted by atomic mass is 32.2. The van der Waals surface area contributed by atoms with Crippen LogP contribution in [0, 0.1) is 13.8 Å². The third-order valence-corrected chi connectivity index (χ3v) is 11.0. The summed E-state index contributed by atoms with van der Waals surface area (Å²) in [7, 11) is -3.49. The van der Waals surface area contributed by atoms with Crippen LogP contribution in [0.1, 0.15) is 101 Å². The van der Waals surface area contributed by atoms with Gasteiger partial charge in [0.1, 0.15) is 5.75 Å². The molecule has 0 radical (unpaired) electrons. The molecule has 11 heteroatoms. The number of fused-ring (bicyclic) bond motifs is 3. The third kappa shape index (κ3) is 9.02. The first-order valence-electron chi connectivity index (χ1n) is 17.4. The largest absolute Gasteiger partial charge is 0.494 e. The van der Waals surface area contributed by atoms with Crippen LogP contribution in [0.3, 0.4) is 0 Å². The van der Waals surface area contributed by atoms with E-state index in [9.17, 15) is 26.4 Å². The molecule has 0 fully saturated rings. The summed E-state index contributed by atoms with van der Waals surface area (Å²) < 4.78 is 77.0. The lowest BCUT2D eigenvalue weighted by atomic mass is 10.0. The van der Waals surface area contributed by atoms with E-state index in [1.165, 1.54) is 6.42 Å². The summed E-state index contributed by atoms with van der Waals surface area (Å²) in [4.78, 5) is 14.8. The molecule has 0 unspecified atom stereocenters. The smallest absolute Gasteiger partial charge is 0.417 e. The van der Waals surface area contributed by atoms with Crippen LogP contribution < -0.4 is 10.3 Å². The molecule has 0 atom stereocenters. The third-order valence-electron chi connectivity index (χ3n) is 9.11. The van der Waals surface area contributed by atoms with Gasteiger partial charge in [-0.3, -0.25) is 4.79 Å². The van der Waals surface area contributed by atoms with Gasteiger partial charge in [-0.1, -0.05) is 58.8 Å². The van der Waals surface area contributed by atoms with Gasteiger partial charge in [0.25, 0.3) is 0 Å². The van der Waals surface area contributed by atoms with Crippen molar-refractivity contribution in [2.24, 2.45) is 0 Å². The number of benzene rings is 2. The van der Waals surface area contributed by atoms with Gasteiger partial charge in [0.2, 0.25) is 15.6 Å². The van der Waals surface area contributed by atoms with Gasteiger partial charge in [-0.25, -0.2) is 8.42 Å². The van der Waals surface area contributed by atoms with Gasteiger partial charge in [0.15, 0.2) is 0 Å². The first-order chi connectivity index (χ1) is 22.9. The summed E-state index contributed by atoms with van der Waals surface area (Å²) in [6.45, 7) is 10.1. The van der Waals surface area contributed by atoms with Gasteiger partial charge < -0.3 is 14.3 Å². The fraction of sp³-hybridized carbons (Fsp3) is 0.541. The second kappa shape index (κ2) is 16.9. The van der Waals surface area contributed by atoms with E-state index in [0.717, 1.165) is 87.5 Å². The minimum absolute atomic E-state index is 0.0638. The zero-order valence-corrected chi connectivity index (χ0v) is 29.5. The number of alkyl halides is 3. The topological polar surface area (TPSA) is 84.4 Å². The molecule has 2 aromatic carbocycles. The predicted molar refractivity (Wildman–Crippen MR) is 187 cm³/mol. The SMILES string of the molecule is CCCN(CCC)S(=O)(=O)c1ccc(OCCCCCCCCCCCn2c(C)c(C)c3c4c(C(F)(F)F)cc(=O)[nH]c4ccc32)cc1. The number of rotatable bonds is 19. The summed E-state index contributed by atoms with van der Waals surface area (Å²) in [5.41, 5.74) is 1.09. The van der Waals surface area contributed by atoms with E-state index in [1.54, 1.807) is 34.6 Å². The van der Waals surface area contributed by atoms with E-state index < -0.39 is 27.3 Å². The van der Waals surface area contributed by atoms with E-state index in [-0.39, 0.29) is 10.9 Å². The number of nitrogens with zero attached hydrogens (tertiary/aromatic N) is 2. The van der Waals surface area contributed by atoms with Gasteiger partial charge in [0, 0.05) is 53.2 Å². The number of unbranched alkanes of at least 4 members (excludes halogenated alkanes) is 8. The van der Waals surface area contributed by atoms with E-state index in [1.807, 2.05) is 33.8 Å². The molecular formula is C37H50F3N3O4S. The number of aromatic amines is 1. The number of pyridine rings is 1. The van der Waals surface area contributed by atoms with Crippen molar-refractivity contribution in [3.05, 3.63) is 69.6 Å². The molecule has 0 amide bonds. The Bertz CT molecular complexity index is 1810. The van der Waals surface area contributed by atoms with Gasteiger partial charge in [0.05, 0.1) is 17.1 Å². The molecular weight excluding hydrogens is 639 g/mol. The Morgan fingerprint density at radius 3 is 1.98 bits per heavy atom. The molecule has 0 spiro atoms. The molecule has 0 bridgehead atoms. The van der Waals surface area contributed by atoms with E-state index >= 15 is 0 Å². The Balaban J connectivity index is 1.15. The average molecular weight is 690 g/mol. The molecule has 7 nitrogen and oxygen atoms in total. The van der Waals surface area contributed by atoms with Crippen molar-refractivity contribution in [1.29, 1.82) is 0 Å². The van der Waals surface area contributed by atoms with Crippen molar-refractivity contribution >= 4 is 31.8 Å². The number of ether oxygens (including phenoxy) is 1. The second-order valence-corrected chi connectivity index (χ2v) is 14.6. The minimum Gasteiger partial charge on any atom is -0.494 e. The molecule has 0 saturated carbocycles. The fourth-order valence-electron chi connectivity index (χ4n) is 6.54. The second-order valence-electron chi connectivity index (χ2n) is 12.7. The minimum atomic E-state index is -4.62. The Labute approximate surface area is 282 Å². The van der Waals surface area contributed by atoms with Crippen molar-refractivity contribution in [2.45, 2.75) is 116 Å². The molecule has 264 valence electrons. The summed E-state index contributed by atoms with van der Waals surface area (Å²) in [5.74, 6) is 0.681. The highest BCUT2D eigenvalue weighted by Gasteiger charge is 2.34. The molecule has 0 aliphatic carbocycles. The standard InChI is InChI=1S/C37H50F3N3O4S/c1-5-22-42(23-6-2)48(45,46)30-18-16-29(17-19-30)47-25-15-13-11-9-7-8-10-12-14-24-43-28(4)27(3)35-33(43)21-20-32-36(35)31(37(38,39)40)26-34(44)41-32/h16-21,26H,5-15,22-25H2,1-4H3,(H,41,44). The van der Waals surface area contributed by atoms with E-state index in [4.69, 9.17) is 4.74 Å². The molecule has 4 aromatic rings. The zero-order valence-electron chi connectivity index (χ0n) is 28.7. The summed E-state index contributed by atoms with van der Waals surface area (Å²) in [5, 5.41) is 0.623. The van der Waals surface area contributed by atoms with Crippen LogP contribution in [0.5, 0.6) is 5.75 Å². The maximum absolute atomic E-state index is 13.9. The monoisotopic (exact) mass is 689 g/mol. The first-order valence-corrected chi connectivity index (χ1v) is 18.8. The average Bonchev–Trinajstić information content (AvgIpc) is 3.29. The van der Waals surface area contributed by atoms with Crippen LogP contribution in [-0.4, -0.2) is 42.0 Å². The number of halogens is 3. The van der Waals surface area contributed by atoms with Crippen molar-refractivity contribution in [1.82, 2.24) is 13.9 Å². The molecule has 48 heavy (non-hydrogen) atoms. The van der Waals surface area contributed by atoms with Crippen LogP contribution >= 0.6 is 0 Å². The number of aromatic nitrogens is 2. The maximum atomic E-state index is 13.9. The van der Waals surface area contributed by atoms with Crippen molar-refractivity contribution in [3.63, 3.8) is 0 Å². The van der Waals surface area contributed by atoms with Gasteiger partial charge in [-0.15, -0.1) is 0 Å². The first kappa shape index (κ1) is 37.5. The van der Waals surface area contributed by atoms with E-state index in [0.29, 0.717) is 41.8 Å². The summed E-state index contributed by atoms with van der Waals surface area (Å²) in [6, 6.07) is 10.8. The van der Waals surface area contributed by atoms with Crippen molar-refractivity contribution in [2.75, 3.05) is 19.7 Å². The normalized spacial score (nSPS) is 12.5. The molecule has 4 rings (SSSR count). The molecule has 0 aliphatic heterocycles. The maximum Gasteiger partial charge on any atom is 0.417 e. The van der Waals surface area contributed by atoms with Crippen molar-refractivity contribution in [3.8, 4) is 5.75 Å². The van der Waals surface area contributed by atoms with Gasteiger partial charge >= 0.3 is 6.18 Å². The van der Waals surface area contributed by atoms with Crippen LogP contribution in [0.15, 0.2) is 52.2 Å². The van der Waals surface area contributed by atoms with Crippen molar-refractivity contribution < 1.29 is 26.3 Å². The summed E-state index contributed by atoms with van der Waals surface area (Å²) >= 11 is 0. The predicted octanol–water partition coefficient (Wildman–Crippen LogP) is 9.52. The number of hydrogen-bond acceptors (Lipinski definition) is 4. The number of aryl methyl sites for hydroxylation is 2. The van der Waals surface area contributed by atoms with Crippen LogP contribution in [0.25, 0.3) is 21.8 Å². The van der Waals surface area contributed by atoms with Crippen LogP contribution in [0.2, 0.25) is 0 Å². The molecule has 2 aromatic heterocycles. The van der Waals surface area contributed by atoms with Gasteiger partial charge in [-0.05, 0) is 81.5 Å². The number of H-pyrrole nitrogens is 1. The van der Waals surface area contributed by atoms with Crippen LogP contribution in [-0.2, 0) is 22.7 Å². The quantitative estimate of drug-likeness (QED) is 0.0995. The molecule has 2 heterocycles.